The summed E-state index contributed by atoms with van der Waals surface area (Å²) >= 11 is 1.64. The molecule has 0 fully saturated rings. The summed E-state index contributed by atoms with van der Waals surface area (Å²) in [4.78, 5) is 16.8. The number of nitrogens with zero attached hydrogens (tertiary/aromatic N) is 4. The summed E-state index contributed by atoms with van der Waals surface area (Å²) in [5, 5.41) is 14.3. The molecule has 0 aliphatic carbocycles. The predicted octanol–water partition coefficient (Wildman–Crippen LogP) is 2.30. The largest absolute Gasteiger partial charge is 0.349 e. The smallest absolute Gasteiger partial charge is 0.289 e. The summed E-state index contributed by atoms with van der Waals surface area (Å²) in [7, 11) is 0. The Labute approximate surface area is 134 Å². The summed E-state index contributed by atoms with van der Waals surface area (Å²) in [6.07, 6.45) is 4.31. The number of hydrogen-bond donors (Lipinski definition) is 1. The molecule has 0 unspecified atom stereocenters. The maximum atomic E-state index is 12.4. The van der Waals surface area contributed by atoms with Crippen LogP contribution in [-0.4, -0.2) is 32.2 Å². The summed E-state index contributed by atoms with van der Waals surface area (Å²) < 4.78 is 1.97. The molecule has 0 spiro atoms. The van der Waals surface area contributed by atoms with Crippen LogP contribution in [0, 0.1) is 6.92 Å². The van der Waals surface area contributed by atoms with E-state index >= 15 is 0 Å². The predicted molar refractivity (Wildman–Crippen MR) is 85.2 cm³/mol. The van der Waals surface area contributed by atoms with Gasteiger partial charge in [0.25, 0.3) is 5.91 Å². The number of hydrogen-bond acceptors (Lipinski definition) is 5. The zero-order valence-corrected chi connectivity index (χ0v) is 13.8. The minimum atomic E-state index is -0.138. The molecule has 1 aliphatic rings. The van der Waals surface area contributed by atoms with Crippen molar-refractivity contribution in [1.82, 2.24) is 25.1 Å². The van der Waals surface area contributed by atoms with E-state index in [-0.39, 0.29) is 11.8 Å². The first-order valence-electron chi connectivity index (χ1n) is 7.77. The van der Waals surface area contributed by atoms with Gasteiger partial charge in [-0.3, -0.25) is 4.79 Å². The molecule has 1 amide bonds. The van der Waals surface area contributed by atoms with E-state index in [1.54, 1.807) is 11.3 Å². The highest BCUT2D eigenvalue weighted by atomic mass is 32.1. The molecule has 0 radical (unpaired) electrons. The fraction of sp³-hybridized carbons (Fsp3) is 0.600. The molecule has 6 nitrogen and oxygen atoms in total. The fourth-order valence-electron chi connectivity index (χ4n) is 2.66. The zero-order valence-electron chi connectivity index (χ0n) is 13.0. The number of aryl methyl sites for hydroxylation is 2. The first-order chi connectivity index (χ1) is 10.6. The van der Waals surface area contributed by atoms with Crippen molar-refractivity contribution in [2.45, 2.75) is 52.0 Å². The third-order valence-corrected chi connectivity index (χ3v) is 5.13. The quantitative estimate of drug-likeness (QED) is 0.938. The number of carbonyl (C=O) groups is 1. The molecule has 0 bridgehead atoms. The lowest BCUT2D eigenvalue weighted by Gasteiger charge is -2.11. The fourth-order valence-corrected chi connectivity index (χ4v) is 3.52. The van der Waals surface area contributed by atoms with Crippen LogP contribution in [0.3, 0.4) is 0 Å². The van der Waals surface area contributed by atoms with Crippen LogP contribution in [0.2, 0.25) is 0 Å². The number of rotatable bonds is 4. The van der Waals surface area contributed by atoms with Crippen LogP contribution in [0.1, 0.15) is 59.2 Å². The number of amides is 1. The van der Waals surface area contributed by atoms with Crippen LogP contribution in [0.5, 0.6) is 0 Å². The van der Waals surface area contributed by atoms with Crippen molar-refractivity contribution in [2.75, 3.05) is 6.54 Å². The molecule has 0 saturated carbocycles. The van der Waals surface area contributed by atoms with Gasteiger partial charge in [-0.1, -0.05) is 13.3 Å². The average molecular weight is 319 g/mol. The zero-order chi connectivity index (χ0) is 15.5. The van der Waals surface area contributed by atoms with Crippen LogP contribution < -0.4 is 5.32 Å². The minimum absolute atomic E-state index is 0.138. The highest BCUT2D eigenvalue weighted by molar-refractivity contribution is 7.09. The number of nitrogens with one attached hydrogen (secondary N) is 1. The van der Waals surface area contributed by atoms with E-state index in [1.165, 1.54) is 6.42 Å². The van der Waals surface area contributed by atoms with Gasteiger partial charge in [0.15, 0.2) is 0 Å². The van der Waals surface area contributed by atoms with Crippen LogP contribution in [-0.2, 0) is 13.0 Å². The third kappa shape index (κ3) is 3.19. The lowest BCUT2D eigenvalue weighted by atomic mass is 10.2. The van der Waals surface area contributed by atoms with Gasteiger partial charge < -0.3 is 9.88 Å². The molecule has 1 aliphatic heterocycles. The Kier molecular flexibility index (Phi) is 4.52. The molecule has 0 aromatic carbocycles. The van der Waals surface area contributed by atoms with Gasteiger partial charge in [-0.05, 0) is 19.8 Å². The van der Waals surface area contributed by atoms with Crippen molar-refractivity contribution in [3.8, 4) is 0 Å². The lowest BCUT2D eigenvalue weighted by Crippen LogP contribution is -2.30. The number of thiazole rings is 1. The summed E-state index contributed by atoms with van der Waals surface area (Å²) in [5.41, 5.74) is 1.03. The van der Waals surface area contributed by atoms with Crippen LogP contribution in [0.25, 0.3) is 0 Å². The molecule has 2 aromatic rings. The molecular weight excluding hydrogens is 298 g/mol. The Balaban J connectivity index is 1.64. The maximum absolute atomic E-state index is 12.4. The van der Waals surface area contributed by atoms with Gasteiger partial charge in [0, 0.05) is 36.5 Å². The highest BCUT2D eigenvalue weighted by Crippen LogP contribution is 2.19. The van der Waals surface area contributed by atoms with Crippen LogP contribution in [0.15, 0.2) is 5.38 Å². The van der Waals surface area contributed by atoms with Gasteiger partial charge in [0.2, 0.25) is 5.82 Å². The SMILES string of the molecule is Cc1csc([C@@H](C)CNC(=O)c2nnc3n2CCCCC3)n1. The average Bonchev–Trinajstić information content (AvgIpc) is 3.05. The summed E-state index contributed by atoms with van der Waals surface area (Å²) in [5.74, 6) is 1.45. The van der Waals surface area contributed by atoms with Gasteiger partial charge in [-0.25, -0.2) is 4.98 Å². The van der Waals surface area contributed by atoms with Gasteiger partial charge >= 0.3 is 0 Å². The molecule has 7 heteroatoms. The molecule has 1 atom stereocenters. The van der Waals surface area contributed by atoms with Gasteiger partial charge in [-0.15, -0.1) is 21.5 Å². The van der Waals surface area contributed by atoms with E-state index < -0.39 is 0 Å². The second-order valence-electron chi connectivity index (χ2n) is 5.84. The Morgan fingerprint density at radius 3 is 3.05 bits per heavy atom. The molecular formula is C15H21N5OS. The molecule has 118 valence electrons. The maximum Gasteiger partial charge on any atom is 0.289 e. The molecule has 22 heavy (non-hydrogen) atoms. The van der Waals surface area contributed by atoms with E-state index in [0.29, 0.717) is 12.4 Å². The normalized spacial score (nSPS) is 15.9. The number of fused-ring (bicyclic) bond motifs is 1. The Bertz CT molecular complexity index is 663. The van der Waals surface area contributed by atoms with Crippen molar-refractivity contribution < 1.29 is 4.79 Å². The lowest BCUT2D eigenvalue weighted by molar-refractivity contribution is 0.0936. The first-order valence-corrected chi connectivity index (χ1v) is 8.65. The van der Waals surface area contributed by atoms with Crippen molar-refractivity contribution >= 4 is 17.2 Å². The summed E-state index contributed by atoms with van der Waals surface area (Å²) in [6, 6.07) is 0. The van der Waals surface area contributed by atoms with Crippen molar-refractivity contribution in [3.05, 3.63) is 27.7 Å². The van der Waals surface area contributed by atoms with E-state index in [4.69, 9.17) is 0 Å². The Morgan fingerprint density at radius 2 is 2.27 bits per heavy atom. The first kappa shape index (κ1) is 15.1. The van der Waals surface area contributed by atoms with Crippen molar-refractivity contribution in [3.63, 3.8) is 0 Å². The van der Waals surface area contributed by atoms with Gasteiger partial charge in [0.1, 0.15) is 5.82 Å². The minimum Gasteiger partial charge on any atom is -0.349 e. The third-order valence-electron chi connectivity index (χ3n) is 3.94. The molecule has 1 N–H and O–H groups in total. The second-order valence-corrected chi connectivity index (χ2v) is 6.73. The number of aromatic nitrogens is 4. The van der Waals surface area contributed by atoms with E-state index in [1.807, 2.05) is 16.9 Å². The van der Waals surface area contributed by atoms with Gasteiger partial charge in [0.05, 0.1) is 5.01 Å². The molecule has 0 saturated heterocycles. The summed E-state index contributed by atoms with van der Waals surface area (Å²) in [6.45, 7) is 5.46. The van der Waals surface area contributed by atoms with Crippen LogP contribution in [0.4, 0.5) is 0 Å². The second kappa shape index (κ2) is 6.56. The molecule has 2 aromatic heterocycles. The molecule has 3 rings (SSSR count). The highest BCUT2D eigenvalue weighted by Gasteiger charge is 2.20. The monoisotopic (exact) mass is 319 g/mol. The van der Waals surface area contributed by atoms with Crippen molar-refractivity contribution in [2.24, 2.45) is 0 Å². The van der Waals surface area contributed by atoms with E-state index in [9.17, 15) is 4.79 Å². The van der Waals surface area contributed by atoms with E-state index in [2.05, 4.69) is 27.4 Å². The number of carbonyl (C=O) groups excluding carboxylic acids is 1. The Morgan fingerprint density at radius 1 is 1.41 bits per heavy atom. The standard InChI is InChI=1S/C15H21N5OS/c1-10(15-17-11(2)9-22-15)8-16-14(21)13-19-18-12-6-4-3-5-7-20(12)13/h9-10H,3-8H2,1-2H3,(H,16,21)/t10-/m0/s1. The Hall–Kier alpha value is -1.76. The van der Waals surface area contributed by atoms with Crippen LogP contribution >= 0.6 is 11.3 Å². The van der Waals surface area contributed by atoms with E-state index in [0.717, 1.165) is 42.3 Å². The van der Waals surface area contributed by atoms with Crippen molar-refractivity contribution in [1.29, 1.82) is 0 Å². The molecule has 3 heterocycles. The van der Waals surface area contributed by atoms with Gasteiger partial charge in [-0.2, -0.15) is 0 Å². The topological polar surface area (TPSA) is 72.7 Å².